The number of rotatable bonds is 8. The maximum atomic E-state index is 2.76. The maximum Gasteiger partial charge on any atom is 0.252 e. The number of para-hydroxylation sites is 3. The molecule has 115 heavy (non-hydrogen) atoms. The molecule has 0 amide bonds. The van der Waals surface area contributed by atoms with Crippen molar-refractivity contribution in [3.8, 4) is 83.6 Å². The molecule has 0 radical (unpaired) electrons. The molecule has 20 rings (SSSR count). The monoisotopic (exact) mass is 1480 g/mol. The highest BCUT2D eigenvalue weighted by molar-refractivity contribution is 7.00. The first-order valence-corrected chi connectivity index (χ1v) is 41.4. The first kappa shape index (κ1) is 71.8. The van der Waals surface area contributed by atoms with Crippen molar-refractivity contribution in [1.82, 2.24) is 4.57 Å². The fraction of sp³-hybridized carbons (Fsp3) is 0.189. The zero-order valence-corrected chi connectivity index (χ0v) is 69.0. The lowest BCUT2D eigenvalue weighted by molar-refractivity contribution is 0.590. The van der Waals surface area contributed by atoms with Gasteiger partial charge in [-0.1, -0.05) is 377 Å². The van der Waals surface area contributed by atoms with Gasteiger partial charge in [0.15, 0.2) is 0 Å². The molecule has 3 heterocycles. The van der Waals surface area contributed by atoms with Crippen molar-refractivity contribution in [3.05, 3.63) is 372 Å². The number of anilines is 6. The summed E-state index contributed by atoms with van der Waals surface area (Å²) in [5.41, 5.74) is 41.6. The van der Waals surface area contributed by atoms with Crippen molar-refractivity contribution in [2.45, 2.75) is 136 Å². The lowest BCUT2D eigenvalue weighted by Crippen LogP contribution is -2.61. The van der Waals surface area contributed by atoms with Crippen LogP contribution in [0.2, 0.25) is 0 Å². The molecule has 0 bridgehead atoms. The van der Waals surface area contributed by atoms with Crippen LogP contribution < -0.4 is 26.2 Å². The van der Waals surface area contributed by atoms with Gasteiger partial charge in [-0.15, -0.1) is 0 Å². The van der Waals surface area contributed by atoms with Crippen molar-refractivity contribution < 1.29 is 0 Å². The summed E-state index contributed by atoms with van der Waals surface area (Å²) in [5.74, 6) is 0. The van der Waals surface area contributed by atoms with Crippen LogP contribution in [0.5, 0.6) is 0 Å². The minimum Gasteiger partial charge on any atom is -0.310 e. The van der Waals surface area contributed by atoms with E-state index in [4.69, 9.17) is 0 Å². The van der Waals surface area contributed by atoms with Crippen LogP contribution in [0.4, 0.5) is 34.1 Å². The van der Waals surface area contributed by atoms with Crippen LogP contribution in [0.3, 0.4) is 0 Å². The van der Waals surface area contributed by atoms with Crippen LogP contribution in [0.15, 0.2) is 322 Å². The molecule has 15 aromatic carbocycles. The van der Waals surface area contributed by atoms with E-state index in [-0.39, 0.29) is 33.8 Å². The van der Waals surface area contributed by atoms with Gasteiger partial charge in [0, 0.05) is 61.5 Å². The molecule has 1 spiro atoms. The Hall–Kier alpha value is -12.2. The molecule has 0 saturated heterocycles. The quantitative estimate of drug-likeness (QED) is 0.141. The van der Waals surface area contributed by atoms with Crippen molar-refractivity contribution >= 4 is 79.0 Å². The second-order valence-electron chi connectivity index (χ2n) is 38.0. The minimum absolute atomic E-state index is 0.0366. The van der Waals surface area contributed by atoms with E-state index in [2.05, 4.69) is 440 Å². The summed E-state index contributed by atoms with van der Waals surface area (Å²) in [7, 11) is 0. The molecule has 0 saturated carbocycles. The van der Waals surface area contributed by atoms with Crippen LogP contribution in [-0.4, -0.2) is 11.3 Å². The molecular formula is C111H98BN3. The Bertz CT molecular complexity index is 6440. The molecule has 0 unspecified atom stereocenters. The Balaban J connectivity index is 0.929. The fourth-order valence-electron chi connectivity index (χ4n) is 19.8. The van der Waals surface area contributed by atoms with Crippen LogP contribution in [-0.2, 0) is 32.5 Å². The van der Waals surface area contributed by atoms with Gasteiger partial charge < -0.3 is 14.4 Å². The number of hydrogen-bond acceptors (Lipinski definition) is 2. The van der Waals surface area contributed by atoms with Crippen LogP contribution in [0.1, 0.15) is 154 Å². The van der Waals surface area contributed by atoms with E-state index in [0.717, 1.165) is 61.9 Å². The number of hydrogen-bond donors (Lipinski definition) is 0. The Kier molecular flexibility index (Phi) is 16.2. The third-order valence-electron chi connectivity index (χ3n) is 25.8. The van der Waals surface area contributed by atoms with Gasteiger partial charge >= 0.3 is 0 Å². The zero-order valence-electron chi connectivity index (χ0n) is 69.0. The lowest BCUT2D eigenvalue weighted by atomic mass is 9.33. The van der Waals surface area contributed by atoms with Gasteiger partial charge in [-0.05, 0) is 198 Å². The van der Waals surface area contributed by atoms with Gasteiger partial charge in [0.2, 0.25) is 0 Å². The van der Waals surface area contributed by atoms with E-state index in [1.807, 2.05) is 0 Å². The van der Waals surface area contributed by atoms with Crippen LogP contribution in [0.25, 0.3) is 105 Å². The van der Waals surface area contributed by atoms with Gasteiger partial charge in [-0.2, -0.15) is 0 Å². The highest BCUT2D eigenvalue weighted by Crippen LogP contribution is 2.64. The van der Waals surface area contributed by atoms with E-state index < -0.39 is 5.41 Å². The minimum atomic E-state index is -0.542. The first-order chi connectivity index (χ1) is 55.2. The summed E-state index contributed by atoms with van der Waals surface area (Å²) in [5, 5.41) is 2.45. The molecule has 2 aliphatic heterocycles. The number of fused-ring (bicyclic) bond motifs is 17. The van der Waals surface area contributed by atoms with Crippen molar-refractivity contribution in [2.75, 3.05) is 9.80 Å². The largest absolute Gasteiger partial charge is 0.310 e. The summed E-state index contributed by atoms with van der Waals surface area (Å²) in [6.07, 6.45) is 0. The summed E-state index contributed by atoms with van der Waals surface area (Å²) in [6.45, 7) is 34.8. The Morgan fingerprint density at radius 2 is 0.626 bits per heavy atom. The summed E-state index contributed by atoms with van der Waals surface area (Å²) >= 11 is 0. The lowest BCUT2D eigenvalue weighted by Gasteiger charge is -2.46. The van der Waals surface area contributed by atoms with E-state index in [9.17, 15) is 0 Å². The third-order valence-corrected chi connectivity index (χ3v) is 25.8. The first-order valence-electron chi connectivity index (χ1n) is 41.4. The highest BCUT2D eigenvalue weighted by atomic mass is 15.2. The second-order valence-corrected chi connectivity index (χ2v) is 38.0. The summed E-state index contributed by atoms with van der Waals surface area (Å²) < 4.78 is 2.62. The smallest absolute Gasteiger partial charge is 0.252 e. The average molecular weight is 1480 g/mol. The molecule has 4 aliphatic rings. The standard InChI is InChI=1S/C111H98BN3/c1-106(2,3)75-52-43-70(44-53-75)81-35-27-36-82(71-45-54-76(55-46-71)107(4,5)6)104(81)114-98-62-51-74(69-29-17-16-18-30-69)63-96(98)112-95-61-60-80(113-97-42-26-22-34-88(97)90-67-89-87-33-21-25-41-93(87)111(94(89)68-99(90)113)91-39-23-19-31-85(91)86-32-20-24-40-92(86)111)66-100(95)115(102-65-79(110(13,14)15)64-101(114)103(102)112)105-83(72-47-56-77(57-48-72)108(7,8)9)37-28-38-84(105)73-49-58-78(59-50-73)109(10,11)12/h16-68H,1-15H3. The Morgan fingerprint density at radius 1 is 0.235 bits per heavy atom. The number of nitrogens with zero attached hydrogens (tertiary/aromatic N) is 3. The molecule has 16 aromatic rings. The van der Waals surface area contributed by atoms with Crippen LogP contribution >= 0.6 is 0 Å². The average Bonchev–Trinajstić information content (AvgIpc) is 0.873. The molecule has 0 N–H and O–H groups in total. The van der Waals surface area contributed by atoms with Crippen molar-refractivity contribution in [1.29, 1.82) is 0 Å². The van der Waals surface area contributed by atoms with Gasteiger partial charge in [0.1, 0.15) is 0 Å². The predicted octanol–water partition coefficient (Wildman–Crippen LogP) is 28.0. The predicted molar refractivity (Wildman–Crippen MR) is 492 cm³/mol. The van der Waals surface area contributed by atoms with Crippen molar-refractivity contribution in [3.63, 3.8) is 0 Å². The number of aromatic nitrogens is 1. The normalized spacial score (nSPS) is 13.9. The van der Waals surface area contributed by atoms with Gasteiger partial charge in [-0.3, -0.25) is 0 Å². The van der Waals surface area contributed by atoms with E-state index >= 15 is 0 Å². The van der Waals surface area contributed by atoms with Crippen molar-refractivity contribution in [2.24, 2.45) is 0 Å². The molecule has 560 valence electrons. The number of benzene rings is 15. The maximum absolute atomic E-state index is 2.76. The van der Waals surface area contributed by atoms with Gasteiger partial charge in [0.25, 0.3) is 6.71 Å². The molecule has 2 aliphatic carbocycles. The molecule has 3 nitrogen and oxygen atoms in total. The zero-order chi connectivity index (χ0) is 79.1. The second kappa shape index (κ2) is 25.9. The Morgan fingerprint density at radius 3 is 1.08 bits per heavy atom. The fourth-order valence-corrected chi connectivity index (χ4v) is 19.8. The van der Waals surface area contributed by atoms with E-state index in [1.54, 1.807) is 0 Å². The SMILES string of the molecule is CC(C)(C)c1ccc(-c2cccc(-c3ccc(C(C)(C)C)cc3)c2N2c3ccc(-c4ccccc4)cc3B3c4ccc(-n5c6ccccc6c6cc7c(cc65)C5(c6ccccc6-c6ccccc65)c5ccccc5-7)cc4N(c4c(-c5ccc(C(C)(C)C)cc5)cccc4-c4ccc(C(C)(C)C)cc4)c4cc(C(C)(C)C)cc2c43)cc1. The molecule has 0 atom stereocenters. The Labute approximate surface area is 680 Å². The molecule has 0 fully saturated rings. The van der Waals surface area contributed by atoms with Gasteiger partial charge in [0.05, 0.1) is 27.8 Å². The van der Waals surface area contributed by atoms with Gasteiger partial charge in [-0.25, -0.2) is 0 Å². The summed E-state index contributed by atoms with van der Waals surface area (Å²) in [4.78, 5) is 5.48. The summed E-state index contributed by atoms with van der Waals surface area (Å²) in [6, 6.07) is 125. The highest BCUT2D eigenvalue weighted by Gasteiger charge is 2.53. The molecule has 4 heteroatoms. The van der Waals surface area contributed by atoms with E-state index in [1.165, 1.54) is 144 Å². The third kappa shape index (κ3) is 11.3. The van der Waals surface area contributed by atoms with Crippen LogP contribution in [0, 0.1) is 0 Å². The topological polar surface area (TPSA) is 11.4 Å². The molecule has 1 aromatic heterocycles. The molecular weight excluding hydrogens is 1390 g/mol. The van der Waals surface area contributed by atoms with E-state index in [0.29, 0.717) is 0 Å².